The smallest absolute Gasteiger partial charge is 0.207 e. The third-order valence-electron chi connectivity index (χ3n) is 2.28. The van der Waals surface area contributed by atoms with E-state index >= 15 is 0 Å². The molecular formula is C11H9NO2. The summed E-state index contributed by atoms with van der Waals surface area (Å²) in [5.41, 5.74) is 2.35. The van der Waals surface area contributed by atoms with E-state index in [1.165, 1.54) is 0 Å². The molecule has 3 heteroatoms. The van der Waals surface area contributed by atoms with Gasteiger partial charge < -0.3 is 9.52 Å². The SMILES string of the molecule is Cc1c(C#N)oc2ccc(CO)cc12. The summed E-state index contributed by atoms with van der Waals surface area (Å²) in [5.74, 6) is 0.343. The van der Waals surface area contributed by atoms with Crippen LogP contribution in [0.25, 0.3) is 11.0 Å². The van der Waals surface area contributed by atoms with Gasteiger partial charge in [0.05, 0.1) is 6.61 Å². The van der Waals surface area contributed by atoms with Crippen LogP contribution < -0.4 is 0 Å². The normalized spacial score (nSPS) is 10.4. The van der Waals surface area contributed by atoms with E-state index in [1.807, 2.05) is 19.1 Å². The molecule has 0 unspecified atom stereocenters. The van der Waals surface area contributed by atoms with Gasteiger partial charge in [0.1, 0.15) is 11.7 Å². The molecule has 0 saturated carbocycles. The predicted octanol–water partition coefficient (Wildman–Crippen LogP) is 2.11. The van der Waals surface area contributed by atoms with Crippen LogP contribution in [0.4, 0.5) is 0 Å². The molecule has 1 aromatic carbocycles. The lowest BCUT2D eigenvalue weighted by atomic mass is 10.1. The lowest BCUT2D eigenvalue weighted by Crippen LogP contribution is -1.81. The van der Waals surface area contributed by atoms with Crippen molar-refractivity contribution >= 4 is 11.0 Å². The maximum Gasteiger partial charge on any atom is 0.207 e. The van der Waals surface area contributed by atoms with Crippen molar-refractivity contribution in [2.75, 3.05) is 0 Å². The second-order valence-electron chi connectivity index (χ2n) is 3.16. The molecule has 0 atom stereocenters. The van der Waals surface area contributed by atoms with E-state index in [0.717, 1.165) is 16.5 Å². The minimum Gasteiger partial charge on any atom is -0.445 e. The summed E-state index contributed by atoms with van der Waals surface area (Å²) < 4.78 is 5.30. The standard InChI is InChI=1S/C11H9NO2/c1-7-9-4-8(6-13)2-3-10(9)14-11(7)5-12/h2-4,13H,6H2,1H3. The van der Waals surface area contributed by atoms with Crippen LogP contribution in [-0.2, 0) is 6.61 Å². The van der Waals surface area contributed by atoms with E-state index in [9.17, 15) is 0 Å². The lowest BCUT2D eigenvalue weighted by Gasteiger charge is -1.94. The molecule has 0 fully saturated rings. The van der Waals surface area contributed by atoms with Gasteiger partial charge in [0.2, 0.25) is 5.76 Å². The Balaban J connectivity index is 2.76. The summed E-state index contributed by atoms with van der Waals surface area (Å²) in [6, 6.07) is 7.39. The van der Waals surface area contributed by atoms with Gasteiger partial charge in [-0.3, -0.25) is 0 Å². The molecule has 0 radical (unpaired) electrons. The highest BCUT2D eigenvalue weighted by molar-refractivity contribution is 5.83. The number of hydrogen-bond donors (Lipinski definition) is 1. The molecule has 3 nitrogen and oxygen atoms in total. The largest absolute Gasteiger partial charge is 0.445 e. The van der Waals surface area contributed by atoms with Crippen molar-refractivity contribution in [1.29, 1.82) is 5.26 Å². The molecular weight excluding hydrogens is 178 g/mol. The molecule has 0 aliphatic heterocycles. The molecule has 0 bridgehead atoms. The summed E-state index contributed by atoms with van der Waals surface area (Å²) in [6.45, 7) is 1.84. The van der Waals surface area contributed by atoms with E-state index in [-0.39, 0.29) is 6.61 Å². The van der Waals surface area contributed by atoms with Crippen molar-refractivity contribution in [1.82, 2.24) is 0 Å². The number of aliphatic hydroxyl groups is 1. The molecule has 1 heterocycles. The fourth-order valence-electron chi connectivity index (χ4n) is 1.47. The molecule has 1 N–H and O–H groups in total. The molecule has 0 amide bonds. The van der Waals surface area contributed by atoms with Crippen LogP contribution >= 0.6 is 0 Å². The van der Waals surface area contributed by atoms with Crippen molar-refractivity contribution in [2.45, 2.75) is 13.5 Å². The Labute approximate surface area is 81.2 Å². The van der Waals surface area contributed by atoms with Crippen LogP contribution in [0.3, 0.4) is 0 Å². The van der Waals surface area contributed by atoms with Crippen LogP contribution in [-0.4, -0.2) is 5.11 Å². The second-order valence-corrected chi connectivity index (χ2v) is 3.16. The number of fused-ring (bicyclic) bond motifs is 1. The van der Waals surface area contributed by atoms with Crippen molar-refractivity contribution < 1.29 is 9.52 Å². The number of nitriles is 1. The summed E-state index contributed by atoms with van der Waals surface area (Å²) in [7, 11) is 0. The Morgan fingerprint density at radius 2 is 2.29 bits per heavy atom. The van der Waals surface area contributed by atoms with E-state index in [4.69, 9.17) is 14.8 Å². The molecule has 70 valence electrons. The van der Waals surface area contributed by atoms with Crippen molar-refractivity contribution in [2.24, 2.45) is 0 Å². The number of aliphatic hydroxyl groups excluding tert-OH is 1. The maximum absolute atomic E-state index is 8.96. The van der Waals surface area contributed by atoms with Crippen molar-refractivity contribution in [3.63, 3.8) is 0 Å². The summed E-state index contributed by atoms with van der Waals surface area (Å²) in [6.07, 6.45) is 0. The minimum atomic E-state index is 0.00243. The Bertz CT molecular complexity index is 520. The first-order valence-electron chi connectivity index (χ1n) is 4.29. The van der Waals surface area contributed by atoms with Gasteiger partial charge in [0.15, 0.2) is 0 Å². The molecule has 0 saturated heterocycles. The van der Waals surface area contributed by atoms with Gasteiger partial charge in [-0.05, 0) is 24.6 Å². The van der Waals surface area contributed by atoms with Gasteiger partial charge in [-0.25, -0.2) is 0 Å². The molecule has 2 rings (SSSR count). The van der Waals surface area contributed by atoms with Gasteiger partial charge in [0, 0.05) is 10.9 Å². The van der Waals surface area contributed by atoms with Gasteiger partial charge in [-0.2, -0.15) is 5.26 Å². The van der Waals surface area contributed by atoms with E-state index in [0.29, 0.717) is 11.3 Å². The second kappa shape index (κ2) is 3.17. The maximum atomic E-state index is 8.96. The quantitative estimate of drug-likeness (QED) is 0.743. The van der Waals surface area contributed by atoms with Crippen molar-refractivity contribution in [3.05, 3.63) is 35.1 Å². The summed E-state index contributed by atoms with van der Waals surface area (Å²) >= 11 is 0. The fraction of sp³-hybridized carbons (Fsp3) is 0.182. The molecule has 0 aliphatic rings. The molecule has 2 aromatic rings. The van der Waals surface area contributed by atoms with E-state index < -0.39 is 0 Å². The van der Waals surface area contributed by atoms with Gasteiger partial charge >= 0.3 is 0 Å². The average molecular weight is 187 g/mol. The number of hydrogen-bond acceptors (Lipinski definition) is 3. The number of nitrogens with zero attached hydrogens (tertiary/aromatic N) is 1. The number of rotatable bonds is 1. The van der Waals surface area contributed by atoms with Crippen LogP contribution in [0.2, 0.25) is 0 Å². The molecule has 1 aromatic heterocycles. The van der Waals surface area contributed by atoms with Gasteiger partial charge in [-0.15, -0.1) is 0 Å². The third kappa shape index (κ3) is 1.17. The molecule has 14 heavy (non-hydrogen) atoms. The fourth-order valence-corrected chi connectivity index (χ4v) is 1.47. The molecule has 0 aliphatic carbocycles. The van der Waals surface area contributed by atoms with Crippen molar-refractivity contribution in [3.8, 4) is 6.07 Å². The third-order valence-corrected chi connectivity index (χ3v) is 2.28. The van der Waals surface area contributed by atoms with Crippen LogP contribution in [0.1, 0.15) is 16.9 Å². The molecule has 0 spiro atoms. The Kier molecular flexibility index (Phi) is 1.99. The first kappa shape index (κ1) is 8.79. The Hall–Kier alpha value is -1.79. The van der Waals surface area contributed by atoms with Gasteiger partial charge in [-0.1, -0.05) is 6.07 Å². The first-order valence-corrected chi connectivity index (χ1v) is 4.29. The summed E-state index contributed by atoms with van der Waals surface area (Å²) in [5, 5.41) is 18.6. The minimum absolute atomic E-state index is 0.00243. The number of furan rings is 1. The highest BCUT2D eigenvalue weighted by atomic mass is 16.3. The zero-order valence-corrected chi connectivity index (χ0v) is 7.74. The lowest BCUT2D eigenvalue weighted by molar-refractivity contribution is 0.282. The highest BCUT2D eigenvalue weighted by Gasteiger charge is 2.09. The van der Waals surface area contributed by atoms with Crippen LogP contribution in [0.5, 0.6) is 0 Å². The summed E-state index contributed by atoms with van der Waals surface area (Å²) in [4.78, 5) is 0. The zero-order valence-electron chi connectivity index (χ0n) is 7.74. The highest BCUT2D eigenvalue weighted by Crippen LogP contribution is 2.25. The van der Waals surface area contributed by atoms with E-state index in [1.54, 1.807) is 12.1 Å². The topological polar surface area (TPSA) is 57.2 Å². The first-order chi connectivity index (χ1) is 6.76. The predicted molar refractivity (Wildman–Crippen MR) is 51.6 cm³/mol. The van der Waals surface area contributed by atoms with E-state index in [2.05, 4.69) is 0 Å². The van der Waals surface area contributed by atoms with Crippen LogP contribution in [0.15, 0.2) is 22.6 Å². The Morgan fingerprint density at radius 1 is 1.50 bits per heavy atom. The zero-order chi connectivity index (χ0) is 10.1. The number of aryl methyl sites for hydroxylation is 1. The Morgan fingerprint density at radius 3 is 2.93 bits per heavy atom. The van der Waals surface area contributed by atoms with Crippen LogP contribution in [0, 0.1) is 18.3 Å². The monoisotopic (exact) mass is 187 g/mol. The number of benzene rings is 1. The average Bonchev–Trinajstić information content (AvgIpc) is 2.55. The van der Waals surface area contributed by atoms with Gasteiger partial charge in [0.25, 0.3) is 0 Å².